The topological polar surface area (TPSA) is 52.6 Å². The van der Waals surface area contributed by atoms with E-state index in [0.29, 0.717) is 19.0 Å². The number of rotatable bonds is 2. The van der Waals surface area contributed by atoms with Crippen molar-refractivity contribution in [2.45, 2.75) is 12.0 Å². The average Bonchev–Trinajstić information content (AvgIpc) is 3.23. The third kappa shape index (κ3) is 2.55. The molecule has 2 fully saturated rings. The second-order valence-electron chi connectivity index (χ2n) is 6.41. The lowest BCUT2D eigenvalue weighted by atomic mass is 9.93. The van der Waals surface area contributed by atoms with Crippen LogP contribution in [0.15, 0.2) is 29.2 Å². The van der Waals surface area contributed by atoms with Crippen LogP contribution in [0.1, 0.15) is 6.42 Å². The quantitative estimate of drug-likeness (QED) is 0.826. The molecule has 1 atom stereocenters. The summed E-state index contributed by atoms with van der Waals surface area (Å²) >= 11 is 1.59. The Morgan fingerprint density at radius 3 is 2.79 bits per heavy atom. The summed E-state index contributed by atoms with van der Waals surface area (Å²) in [4.78, 5) is 26.7. The van der Waals surface area contributed by atoms with Crippen molar-refractivity contribution in [2.24, 2.45) is 0 Å². The van der Waals surface area contributed by atoms with Crippen molar-refractivity contribution in [1.82, 2.24) is 14.9 Å². The molecule has 2 aromatic rings. The van der Waals surface area contributed by atoms with Crippen molar-refractivity contribution >= 4 is 28.9 Å². The first kappa shape index (κ1) is 15.5. The molecule has 0 saturated carbocycles. The molecule has 1 unspecified atom stereocenters. The summed E-state index contributed by atoms with van der Waals surface area (Å²) in [5.41, 5.74) is 0.835. The maximum absolute atomic E-state index is 13.0. The van der Waals surface area contributed by atoms with Crippen LogP contribution in [0.3, 0.4) is 0 Å². The highest BCUT2D eigenvalue weighted by molar-refractivity contribution is 7.08. The van der Waals surface area contributed by atoms with Gasteiger partial charge >= 0.3 is 0 Å². The minimum absolute atomic E-state index is 0.123. The third-order valence-electron chi connectivity index (χ3n) is 4.98. The van der Waals surface area contributed by atoms with Crippen molar-refractivity contribution < 1.29 is 9.18 Å². The van der Waals surface area contributed by atoms with E-state index < -0.39 is 5.82 Å². The molecule has 4 rings (SSSR count). The van der Waals surface area contributed by atoms with Gasteiger partial charge < -0.3 is 9.80 Å². The van der Waals surface area contributed by atoms with Crippen LogP contribution in [0.2, 0.25) is 0 Å². The maximum atomic E-state index is 13.0. The van der Waals surface area contributed by atoms with Crippen LogP contribution in [0.25, 0.3) is 0 Å². The fourth-order valence-corrected chi connectivity index (χ4v) is 4.18. The molecular weight excluding hydrogens is 329 g/mol. The van der Waals surface area contributed by atoms with E-state index in [9.17, 15) is 9.18 Å². The minimum Gasteiger partial charge on any atom is -0.339 e. The first-order valence-electron chi connectivity index (χ1n) is 7.84. The predicted molar refractivity (Wildman–Crippen MR) is 90.9 cm³/mol. The van der Waals surface area contributed by atoms with Gasteiger partial charge in [-0.25, -0.2) is 14.4 Å². The summed E-state index contributed by atoms with van der Waals surface area (Å²) in [7, 11) is 2.00. The van der Waals surface area contributed by atoms with Gasteiger partial charge in [-0.3, -0.25) is 9.69 Å². The van der Waals surface area contributed by atoms with Crippen LogP contribution in [-0.4, -0.2) is 59.5 Å². The predicted octanol–water partition coefficient (Wildman–Crippen LogP) is 1.60. The molecule has 24 heavy (non-hydrogen) atoms. The molecule has 1 spiro atoms. The summed E-state index contributed by atoms with van der Waals surface area (Å²) < 4.78 is 13.0. The number of thiophene rings is 1. The number of anilines is 2. The third-order valence-corrected chi connectivity index (χ3v) is 5.65. The molecule has 4 heterocycles. The summed E-state index contributed by atoms with van der Waals surface area (Å²) in [5, 5.41) is 3.99. The molecule has 2 aliphatic rings. The average molecular weight is 347 g/mol. The number of hydrogen-bond donors (Lipinski definition) is 0. The van der Waals surface area contributed by atoms with Crippen molar-refractivity contribution in [3.63, 3.8) is 0 Å². The van der Waals surface area contributed by atoms with E-state index in [1.165, 1.54) is 12.4 Å². The first-order chi connectivity index (χ1) is 11.6. The van der Waals surface area contributed by atoms with E-state index in [2.05, 4.69) is 19.8 Å². The van der Waals surface area contributed by atoms with E-state index >= 15 is 0 Å². The number of nitrogens with zero attached hydrogens (tertiary/aromatic N) is 5. The van der Waals surface area contributed by atoms with Gasteiger partial charge in [0.1, 0.15) is 0 Å². The lowest BCUT2D eigenvalue weighted by Gasteiger charge is -2.46. The maximum Gasteiger partial charge on any atom is 0.241 e. The number of carbonyl (C=O) groups excluding carboxylic acids is 1. The molecule has 2 aromatic heterocycles. The fourth-order valence-electron chi connectivity index (χ4n) is 3.54. The summed E-state index contributed by atoms with van der Waals surface area (Å²) in [5.74, 6) is 0.232. The van der Waals surface area contributed by atoms with Crippen molar-refractivity contribution in [1.29, 1.82) is 0 Å². The Morgan fingerprint density at radius 2 is 2.08 bits per heavy atom. The molecule has 0 aliphatic carbocycles. The first-order valence-corrected chi connectivity index (χ1v) is 8.78. The van der Waals surface area contributed by atoms with Crippen LogP contribution < -0.4 is 9.80 Å². The Balaban J connectivity index is 1.58. The van der Waals surface area contributed by atoms with Crippen molar-refractivity contribution in [2.75, 3.05) is 43.0 Å². The molecule has 1 amide bonds. The standard InChI is InChI=1S/C16H18FN5OS/c1-20-8-14(23)22(13-2-5-24-9-13)11-16(20)3-4-21(10-16)15-18-6-12(17)7-19-15/h2,5-7,9H,3-4,8,10-11H2,1H3. The molecule has 2 saturated heterocycles. The van der Waals surface area contributed by atoms with E-state index in [-0.39, 0.29) is 11.4 Å². The molecule has 0 bridgehead atoms. The number of piperazine rings is 1. The number of carbonyl (C=O) groups is 1. The SMILES string of the molecule is CN1CC(=O)N(c2ccsc2)CC12CCN(c1ncc(F)cn1)C2. The zero-order valence-corrected chi connectivity index (χ0v) is 14.2. The number of amides is 1. The Hall–Kier alpha value is -2.06. The highest BCUT2D eigenvalue weighted by Crippen LogP contribution is 2.34. The normalized spacial score (nSPS) is 25.0. The lowest BCUT2D eigenvalue weighted by molar-refractivity contribution is -0.123. The van der Waals surface area contributed by atoms with Gasteiger partial charge in [-0.1, -0.05) is 0 Å². The number of hydrogen-bond acceptors (Lipinski definition) is 6. The monoisotopic (exact) mass is 347 g/mol. The van der Waals surface area contributed by atoms with Gasteiger partial charge in [-0.15, -0.1) is 0 Å². The van der Waals surface area contributed by atoms with Gasteiger partial charge in [0.25, 0.3) is 0 Å². The van der Waals surface area contributed by atoms with Gasteiger partial charge in [0, 0.05) is 25.0 Å². The van der Waals surface area contributed by atoms with Crippen LogP contribution in [0.5, 0.6) is 0 Å². The Labute approximate surface area is 143 Å². The van der Waals surface area contributed by atoms with E-state index in [0.717, 1.165) is 25.2 Å². The van der Waals surface area contributed by atoms with E-state index in [4.69, 9.17) is 0 Å². The highest BCUT2D eigenvalue weighted by atomic mass is 32.1. The molecule has 2 aliphatic heterocycles. The van der Waals surface area contributed by atoms with Crippen LogP contribution in [0.4, 0.5) is 16.0 Å². The second kappa shape index (κ2) is 5.78. The van der Waals surface area contributed by atoms with E-state index in [1.807, 2.05) is 28.8 Å². The van der Waals surface area contributed by atoms with Crippen molar-refractivity contribution in [3.05, 3.63) is 35.0 Å². The Morgan fingerprint density at radius 1 is 1.29 bits per heavy atom. The van der Waals surface area contributed by atoms with Crippen LogP contribution >= 0.6 is 11.3 Å². The van der Waals surface area contributed by atoms with Gasteiger partial charge in [0.2, 0.25) is 11.9 Å². The van der Waals surface area contributed by atoms with Gasteiger partial charge in [-0.2, -0.15) is 11.3 Å². The minimum atomic E-state index is -0.434. The smallest absolute Gasteiger partial charge is 0.241 e. The van der Waals surface area contributed by atoms with Gasteiger partial charge in [-0.05, 0) is 24.9 Å². The largest absolute Gasteiger partial charge is 0.339 e. The molecular formula is C16H18FN5OS. The molecule has 6 nitrogen and oxygen atoms in total. The van der Waals surface area contributed by atoms with Crippen LogP contribution in [0, 0.1) is 5.82 Å². The van der Waals surface area contributed by atoms with Gasteiger partial charge in [0.15, 0.2) is 5.82 Å². The highest BCUT2D eigenvalue weighted by Gasteiger charge is 2.48. The Bertz CT molecular complexity index is 737. The molecule has 8 heteroatoms. The molecule has 126 valence electrons. The Kier molecular flexibility index (Phi) is 3.73. The van der Waals surface area contributed by atoms with Crippen molar-refractivity contribution in [3.8, 4) is 0 Å². The zero-order chi connectivity index (χ0) is 16.7. The second-order valence-corrected chi connectivity index (χ2v) is 7.19. The number of likely N-dealkylation sites (N-methyl/N-ethyl adjacent to an activating group) is 1. The summed E-state index contributed by atoms with van der Waals surface area (Å²) in [6.45, 7) is 2.56. The van der Waals surface area contributed by atoms with E-state index in [1.54, 1.807) is 11.3 Å². The van der Waals surface area contributed by atoms with Crippen LogP contribution in [-0.2, 0) is 4.79 Å². The number of halogens is 1. The number of aromatic nitrogens is 2. The molecule has 0 N–H and O–H groups in total. The van der Waals surface area contributed by atoms with Gasteiger partial charge in [0.05, 0.1) is 30.2 Å². The summed E-state index contributed by atoms with van der Waals surface area (Å²) in [6, 6.07) is 1.98. The lowest BCUT2D eigenvalue weighted by Crippen LogP contribution is -2.64. The zero-order valence-electron chi connectivity index (χ0n) is 13.4. The molecule has 0 radical (unpaired) electrons. The fraction of sp³-hybridized carbons (Fsp3) is 0.438. The molecule has 0 aromatic carbocycles. The summed E-state index contributed by atoms with van der Waals surface area (Å²) in [6.07, 6.45) is 3.30.